The smallest absolute Gasteiger partial charge is 0.341 e. The molecule has 1 aliphatic rings. The molecule has 2 unspecified atom stereocenters. The van der Waals surface area contributed by atoms with Crippen LogP contribution in [0.1, 0.15) is 28.9 Å². The predicted molar refractivity (Wildman–Crippen MR) is 114 cm³/mol. The standard InChI is InChI=1S/C24H20F3N3O/c1-15-19(11-6-12-20(15)24(25,26)27)21-14-28-22(30-21)16-7-5-8-17(13-16)23(31)29-18-9-3-2-4-10-18/h2-15,19H,1H3,(H,28,30)(H,29,31). The van der Waals surface area contributed by atoms with Crippen molar-refractivity contribution in [3.63, 3.8) is 0 Å². The maximum Gasteiger partial charge on any atom is 0.412 e. The van der Waals surface area contributed by atoms with Crippen LogP contribution in [-0.2, 0) is 0 Å². The summed E-state index contributed by atoms with van der Waals surface area (Å²) in [6, 6.07) is 16.0. The van der Waals surface area contributed by atoms with E-state index < -0.39 is 23.6 Å². The minimum absolute atomic E-state index is 0.261. The van der Waals surface area contributed by atoms with Gasteiger partial charge in [-0.25, -0.2) is 4.98 Å². The van der Waals surface area contributed by atoms with E-state index in [9.17, 15) is 18.0 Å². The molecule has 0 saturated carbocycles. The van der Waals surface area contributed by atoms with E-state index in [4.69, 9.17) is 0 Å². The fourth-order valence-electron chi connectivity index (χ4n) is 3.70. The summed E-state index contributed by atoms with van der Waals surface area (Å²) in [5.74, 6) is -0.967. The fourth-order valence-corrected chi connectivity index (χ4v) is 3.70. The molecule has 2 N–H and O–H groups in total. The molecular weight excluding hydrogens is 403 g/mol. The monoisotopic (exact) mass is 423 g/mol. The lowest BCUT2D eigenvalue weighted by Gasteiger charge is -2.26. The first-order chi connectivity index (χ1) is 14.8. The van der Waals surface area contributed by atoms with Gasteiger partial charge < -0.3 is 10.3 Å². The first-order valence-corrected chi connectivity index (χ1v) is 9.80. The Hall–Kier alpha value is -3.61. The molecular formula is C24H20F3N3O. The maximum atomic E-state index is 13.3. The van der Waals surface area contributed by atoms with Crippen LogP contribution in [0.3, 0.4) is 0 Å². The molecule has 0 saturated heterocycles. The van der Waals surface area contributed by atoms with Crippen molar-refractivity contribution in [3.05, 3.63) is 95.9 Å². The van der Waals surface area contributed by atoms with Crippen molar-refractivity contribution in [2.45, 2.75) is 19.0 Å². The number of halogens is 3. The largest absolute Gasteiger partial charge is 0.412 e. The molecule has 1 heterocycles. The number of alkyl halides is 3. The van der Waals surface area contributed by atoms with E-state index in [1.165, 1.54) is 6.08 Å². The number of para-hydroxylation sites is 1. The molecule has 0 spiro atoms. The number of aromatic nitrogens is 2. The zero-order chi connectivity index (χ0) is 22.0. The lowest BCUT2D eigenvalue weighted by molar-refractivity contribution is -0.0991. The Kier molecular flexibility index (Phi) is 5.50. The van der Waals surface area contributed by atoms with Gasteiger partial charge in [-0.15, -0.1) is 0 Å². The average molecular weight is 423 g/mol. The number of amides is 1. The van der Waals surface area contributed by atoms with Crippen molar-refractivity contribution < 1.29 is 18.0 Å². The first kappa shape index (κ1) is 20.7. The average Bonchev–Trinajstić information content (AvgIpc) is 3.24. The Morgan fingerprint density at radius 1 is 1.10 bits per heavy atom. The number of carbonyl (C=O) groups is 1. The third kappa shape index (κ3) is 4.45. The summed E-state index contributed by atoms with van der Waals surface area (Å²) in [6.45, 7) is 1.56. The van der Waals surface area contributed by atoms with Gasteiger partial charge in [-0.3, -0.25) is 4.79 Å². The number of benzene rings is 2. The summed E-state index contributed by atoms with van der Waals surface area (Å²) >= 11 is 0. The quantitative estimate of drug-likeness (QED) is 0.532. The number of hydrogen-bond donors (Lipinski definition) is 2. The van der Waals surface area contributed by atoms with Crippen LogP contribution in [0.5, 0.6) is 0 Å². The zero-order valence-electron chi connectivity index (χ0n) is 16.6. The number of nitrogens with one attached hydrogen (secondary N) is 2. The van der Waals surface area contributed by atoms with Gasteiger partial charge in [0.05, 0.1) is 0 Å². The second kappa shape index (κ2) is 8.26. The van der Waals surface area contributed by atoms with Crippen molar-refractivity contribution in [3.8, 4) is 11.4 Å². The highest BCUT2D eigenvalue weighted by molar-refractivity contribution is 6.04. The second-order valence-corrected chi connectivity index (χ2v) is 7.41. The van der Waals surface area contributed by atoms with Crippen molar-refractivity contribution in [2.75, 3.05) is 5.32 Å². The first-order valence-electron chi connectivity index (χ1n) is 9.80. The second-order valence-electron chi connectivity index (χ2n) is 7.41. The molecule has 158 valence electrons. The molecule has 1 aliphatic carbocycles. The van der Waals surface area contributed by atoms with E-state index in [0.717, 1.165) is 6.08 Å². The maximum absolute atomic E-state index is 13.3. The van der Waals surface area contributed by atoms with Crippen LogP contribution in [0.15, 0.2) is 84.6 Å². The van der Waals surface area contributed by atoms with E-state index >= 15 is 0 Å². The van der Waals surface area contributed by atoms with E-state index in [0.29, 0.717) is 28.3 Å². The molecule has 2 aromatic carbocycles. The SMILES string of the molecule is CC1C(C(F)(F)F)=CC=CC1c1cnc(-c2cccc(C(=O)Nc3ccccc3)c2)[nH]1. The van der Waals surface area contributed by atoms with Crippen molar-refractivity contribution >= 4 is 11.6 Å². The van der Waals surface area contributed by atoms with Crippen LogP contribution in [0.2, 0.25) is 0 Å². The Morgan fingerprint density at radius 3 is 2.61 bits per heavy atom. The number of nitrogens with zero attached hydrogens (tertiary/aromatic N) is 1. The van der Waals surface area contributed by atoms with Crippen molar-refractivity contribution in [1.82, 2.24) is 9.97 Å². The van der Waals surface area contributed by atoms with Crippen LogP contribution in [0, 0.1) is 5.92 Å². The number of allylic oxidation sites excluding steroid dienone is 4. The van der Waals surface area contributed by atoms with E-state index in [2.05, 4.69) is 15.3 Å². The van der Waals surface area contributed by atoms with Crippen molar-refractivity contribution in [2.24, 2.45) is 5.92 Å². The zero-order valence-corrected chi connectivity index (χ0v) is 16.6. The van der Waals surface area contributed by atoms with Gasteiger partial charge in [-0.1, -0.05) is 55.5 Å². The molecule has 0 aliphatic heterocycles. The van der Waals surface area contributed by atoms with Crippen LogP contribution in [0.25, 0.3) is 11.4 Å². The van der Waals surface area contributed by atoms with Gasteiger partial charge in [0.1, 0.15) is 5.82 Å². The minimum Gasteiger partial charge on any atom is -0.341 e. The number of anilines is 1. The van der Waals surface area contributed by atoms with Crippen molar-refractivity contribution in [1.29, 1.82) is 0 Å². The van der Waals surface area contributed by atoms with Gasteiger partial charge in [0.2, 0.25) is 0 Å². The summed E-state index contributed by atoms with van der Waals surface area (Å²) in [4.78, 5) is 20.0. The highest BCUT2D eigenvalue weighted by Crippen LogP contribution is 2.41. The molecule has 7 heteroatoms. The summed E-state index contributed by atoms with van der Waals surface area (Å²) < 4.78 is 39.8. The third-order valence-electron chi connectivity index (χ3n) is 5.34. The van der Waals surface area contributed by atoms with E-state index in [1.807, 2.05) is 18.2 Å². The summed E-state index contributed by atoms with van der Waals surface area (Å²) in [7, 11) is 0. The van der Waals surface area contributed by atoms with Gasteiger partial charge in [0.15, 0.2) is 0 Å². The molecule has 0 fully saturated rings. The molecule has 4 rings (SSSR count). The Morgan fingerprint density at radius 2 is 1.87 bits per heavy atom. The Balaban J connectivity index is 1.55. The van der Waals surface area contributed by atoms with Crippen LogP contribution in [0.4, 0.5) is 18.9 Å². The topological polar surface area (TPSA) is 57.8 Å². The van der Waals surface area contributed by atoms with E-state index in [1.54, 1.807) is 55.6 Å². The number of rotatable bonds is 4. The van der Waals surface area contributed by atoms with Gasteiger partial charge in [0.25, 0.3) is 5.91 Å². The fraction of sp³-hybridized carbons (Fsp3) is 0.167. The number of hydrogen-bond acceptors (Lipinski definition) is 2. The van der Waals surface area contributed by atoms with Gasteiger partial charge in [0, 0.05) is 40.2 Å². The Bertz CT molecular complexity index is 1150. The molecule has 4 nitrogen and oxygen atoms in total. The van der Waals surface area contributed by atoms with Gasteiger partial charge >= 0.3 is 6.18 Å². The molecule has 0 bridgehead atoms. The summed E-state index contributed by atoms with van der Waals surface area (Å²) in [5, 5.41) is 2.83. The van der Waals surface area contributed by atoms with Gasteiger partial charge in [-0.05, 0) is 30.2 Å². The molecule has 0 radical (unpaired) electrons. The highest BCUT2D eigenvalue weighted by Gasteiger charge is 2.40. The molecule has 31 heavy (non-hydrogen) atoms. The van der Waals surface area contributed by atoms with Crippen LogP contribution >= 0.6 is 0 Å². The minimum atomic E-state index is -4.37. The number of carbonyl (C=O) groups excluding carboxylic acids is 1. The predicted octanol–water partition coefficient (Wildman–Crippen LogP) is 6.11. The lowest BCUT2D eigenvalue weighted by Crippen LogP contribution is -2.24. The summed E-state index contributed by atoms with van der Waals surface area (Å²) in [6.07, 6.45) is 1.47. The third-order valence-corrected chi connectivity index (χ3v) is 5.34. The number of imidazole rings is 1. The molecule has 2 atom stereocenters. The normalized spacial score (nSPS) is 18.5. The van der Waals surface area contributed by atoms with Crippen LogP contribution < -0.4 is 5.32 Å². The van der Waals surface area contributed by atoms with Crippen LogP contribution in [-0.4, -0.2) is 22.1 Å². The van der Waals surface area contributed by atoms with Gasteiger partial charge in [-0.2, -0.15) is 13.2 Å². The number of H-pyrrole nitrogens is 1. The Labute approximate surface area is 177 Å². The highest BCUT2D eigenvalue weighted by atomic mass is 19.4. The number of aromatic amines is 1. The molecule has 1 amide bonds. The summed E-state index contributed by atoms with van der Waals surface area (Å²) in [5.41, 5.74) is 1.84. The molecule has 3 aromatic rings. The molecule has 1 aromatic heterocycles. The lowest BCUT2D eigenvalue weighted by atomic mass is 9.81. The van der Waals surface area contributed by atoms with E-state index in [-0.39, 0.29) is 5.91 Å².